The van der Waals surface area contributed by atoms with Gasteiger partial charge in [-0.1, -0.05) is 6.92 Å². The molecule has 0 spiro atoms. The molecule has 10 nitrogen and oxygen atoms in total. The number of hydrogen-bond acceptors (Lipinski definition) is 9. The topological polar surface area (TPSA) is 97.5 Å². The predicted octanol–water partition coefficient (Wildman–Crippen LogP) is 0.573. The second-order valence-electron chi connectivity index (χ2n) is 6.47. The molecule has 0 aliphatic carbocycles. The quantitative estimate of drug-likeness (QED) is 0.639. The van der Waals surface area contributed by atoms with Crippen LogP contribution in [0, 0.1) is 6.92 Å². The molecule has 0 atom stereocenters. The number of hydrogen-bond donors (Lipinski definition) is 0. The van der Waals surface area contributed by atoms with E-state index in [2.05, 4.69) is 42.0 Å². The van der Waals surface area contributed by atoms with E-state index in [0.29, 0.717) is 23.9 Å². The number of aromatic nitrogens is 7. The maximum Gasteiger partial charge on any atom is 0.272 e. The van der Waals surface area contributed by atoms with E-state index in [1.807, 2.05) is 13.0 Å². The molecule has 0 N–H and O–H groups in total. The zero-order valence-corrected chi connectivity index (χ0v) is 15.8. The van der Waals surface area contributed by atoms with Crippen LogP contribution in [0.1, 0.15) is 18.4 Å². The van der Waals surface area contributed by atoms with Gasteiger partial charge in [0.05, 0.1) is 11.4 Å². The number of fused-ring (bicyclic) bond motifs is 1. The summed E-state index contributed by atoms with van der Waals surface area (Å²) in [6.45, 7) is 9.42. The Morgan fingerprint density at radius 3 is 2.67 bits per heavy atom. The van der Waals surface area contributed by atoms with Crippen LogP contribution < -0.4 is 4.90 Å². The molecule has 0 unspecified atom stereocenters. The highest BCUT2D eigenvalue weighted by atomic mass is 16.5. The average molecular weight is 369 g/mol. The highest BCUT2D eigenvalue weighted by molar-refractivity contribution is 5.58. The number of anilines is 1. The molecule has 142 valence electrons. The molecule has 3 aromatic heterocycles. The molecule has 4 heterocycles. The minimum absolute atomic E-state index is 0.333. The molecule has 10 heteroatoms. The number of likely N-dealkylation sites (N-methyl/N-ethyl adjacent to an activating group) is 1. The molecule has 0 radical (unpaired) electrons. The van der Waals surface area contributed by atoms with Gasteiger partial charge in [0.15, 0.2) is 5.82 Å². The van der Waals surface area contributed by atoms with E-state index in [1.165, 1.54) is 0 Å². The van der Waals surface area contributed by atoms with Crippen molar-refractivity contribution in [2.24, 2.45) is 0 Å². The van der Waals surface area contributed by atoms with Crippen molar-refractivity contribution < 1.29 is 4.74 Å². The van der Waals surface area contributed by atoms with Crippen molar-refractivity contribution in [2.45, 2.75) is 20.5 Å². The summed E-state index contributed by atoms with van der Waals surface area (Å²) in [6.07, 6.45) is 1.77. The first-order chi connectivity index (χ1) is 13.2. The van der Waals surface area contributed by atoms with E-state index in [0.717, 1.165) is 50.1 Å². The van der Waals surface area contributed by atoms with Gasteiger partial charge < -0.3 is 14.5 Å². The SMILES string of the molecule is CCN1CCN(c2nccc(-c3nnc4nc(COC)nn4c3C)n2)CC1. The van der Waals surface area contributed by atoms with Gasteiger partial charge in [0.2, 0.25) is 5.95 Å². The van der Waals surface area contributed by atoms with Crippen molar-refractivity contribution in [3.8, 4) is 11.4 Å². The zero-order valence-electron chi connectivity index (χ0n) is 15.8. The number of nitrogens with zero attached hydrogens (tertiary/aromatic N) is 9. The number of piperazine rings is 1. The van der Waals surface area contributed by atoms with Crippen molar-refractivity contribution in [1.82, 2.24) is 39.7 Å². The van der Waals surface area contributed by atoms with Crippen molar-refractivity contribution in [2.75, 3.05) is 44.7 Å². The van der Waals surface area contributed by atoms with E-state index < -0.39 is 0 Å². The van der Waals surface area contributed by atoms with Crippen LogP contribution in [0.3, 0.4) is 0 Å². The lowest BCUT2D eigenvalue weighted by Gasteiger charge is -2.34. The Balaban J connectivity index is 1.64. The van der Waals surface area contributed by atoms with Gasteiger partial charge in [-0.05, 0) is 19.5 Å². The minimum Gasteiger partial charge on any atom is -0.377 e. The standard InChI is InChI=1S/C17H23N9O/c1-4-24-7-9-25(10-8-24)16-18-6-5-13(19-16)15-12(2)26-17(22-21-15)20-14(23-26)11-27-3/h5-6H,4,7-11H2,1-3H3. The van der Waals surface area contributed by atoms with Gasteiger partial charge >= 0.3 is 0 Å². The number of rotatable bonds is 5. The fourth-order valence-electron chi connectivity index (χ4n) is 3.23. The van der Waals surface area contributed by atoms with Crippen LogP contribution in [0.5, 0.6) is 0 Å². The van der Waals surface area contributed by atoms with Crippen LogP contribution in [0.4, 0.5) is 5.95 Å². The largest absolute Gasteiger partial charge is 0.377 e. The molecule has 1 fully saturated rings. The third-order valence-corrected chi connectivity index (χ3v) is 4.80. The monoisotopic (exact) mass is 369 g/mol. The first-order valence-electron chi connectivity index (χ1n) is 9.08. The Labute approximate surface area is 157 Å². The highest BCUT2D eigenvalue weighted by Gasteiger charge is 2.19. The molecule has 1 saturated heterocycles. The summed E-state index contributed by atoms with van der Waals surface area (Å²) in [5.74, 6) is 1.75. The van der Waals surface area contributed by atoms with Gasteiger partial charge in [0, 0.05) is 39.5 Å². The molecule has 0 amide bonds. The van der Waals surface area contributed by atoms with Gasteiger partial charge in [-0.3, -0.25) is 0 Å². The fraction of sp³-hybridized carbons (Fsp3) is 0.529. The molecule has 4 rings (SSSR count). The van der Waals surface area contributed by atoms with Crippen LogP contribution in [0.15, 0.2) is 12.3 Å². The third kappa shape index (κ3) is 3.45. The smallest absolute Gasteiger partial charge is 0.272 e. The summed E-state index contributed by atoms with van der Waals surface area (Å²) >= 11 is 0. The Morgan fingerprint density at radius 2 is 1.93 bits per heavy atom. The van der Waals surface area contributed by atoms with Gasteiger partial charge in [-0.25, -0.2) is 9.97 Å². The Bertz CT molecular complexity index is 933. The molecule has 1 aliphatic heterocycles. The Kier molecular flexibility index (Phi) is 4.90. The maximum atomic E-state index is 5.09. The number of methoxy groups -OCH3 is 1. The van der Waals surface area contributed by atoms with Gasteiger partial charge in [0.25, 0.3) is 5.78 Å². The van der Waals surface area contributed by atoms with Crippen molar-refractivity contribution in [1.29, 1.82) is 0 Å². The molecule has 1 aliphatic rings. The third-order valence-electron chi connectivity index (χ3n) is 4.80. The maximum absolute atomic E-state index is 5.09. The lowest BCUT2D eigenvalue weighted by atomic mass is 10.2. The molecule has 0 bridgehead atoms. The summed E-state index contributed by atoms with van der Waals surface area (Å²) in [6, 6.07) is 1.85. The van der Waals surface area contributed by atoms with E-state index in [4.69, 9.17) is 9.72 Å². The van der Waals surface area contributed by atoms with Crippen molar-refractivity contribution in [3.05, 3.63) is 23.8 Å². The molecule has 27 heavy (non-hydrogen) atoms. The molecular weight excluding hydrogens is 346 g/mol. The summed E-state index contributed by atoms with van der Waals surface area (Å²) in [4.78, 5) is 18.1. The lowest BCUT2D eigenvalue weighted by Crippen LogP contribution is -2.46. The summed E-state index contributed by atoms with van der Waals surface area (Å²) in [7, 11) is 1.61. The molecule has 0 saturated carbocycles. The molecule has 3 aromatic rings. The summed E-state index contributed by atoms with van der Waals surface area (Å²) in [5, 5.41) is 13.0. The minimum atomic E-state index is 0.333. The van der Waals surface area contributed by atoms with E-state index in [-0.39, 0.29) is 0 Å². The molecule has 0 aromatic carbocycles. The van der Waals surface area contributed by atoms with Gasteiger partial charge in [-0.15, -0.1) is 15.3 Å². The van der Waals surface area contributed by atoms with Crippen LogP contribution in [-0.4, -0.2) is 79.5 Å². The first kappa shape index (κ1) is 17.7. The van der Waals surface area contributed by atoms with Crippen LogP contribution in [0.25, 0.3) is 17.2 Å². The van der Waals surface area contributed by atoms with Crippen LogP contribution >= 0.6 is 0 Å². The van der Waals surface area contributed by atoms with Crippen molar-refractivity contribution >= 4 is 11.7 Å². The Hall–Kier alpha value is -2.72. The van der Waals surface area contributed by atoms with E-state index in [9.17, 15) is 0 Å². The Morgan fingerprint density at radius 1 is 1.11 bits per heavy atom. The van der Waals surface area contributed by atoms with Gasteiger partial charge in [0.1, 0.15) is 12.3 Å². The second kappa shape index (κ2) is 7.49. The van der Waals surface area contributed by atoms with Crippen LogP contribution in [-0.2, 0) is 11.3 Å². The molecular formula is C17H23N9O. The van der Waals surface area contributed by atoms with E-state index in [1.54, 1.807) is 17.8 Å². The normalized spacial score (nSPS) is 15.6. The van der Waals surface area contributed by atoms with Gasteiger partial charge in [-0.2, -0.15) is 9.50 Å². The first-order valence-corrected chi connectivity index (χ1v) is 9.08. The van der Waals surface area contributed by atoms with Crippen molar-refractivity contribution in [3.63, 3.8) is 0 Å². The lowest BCUT2D eigenvalue weighted by molar-refractivity contribution is 0.178. The average Bonchev–Trinajstić information content (AvgIpc) is 3.12. The predicted molar refractivity (Wildman–Crippen MR) is 99.4 cm³/mol. The fourth-order valence-corrected chi connectivity index (χ4v) is 3.23. The summed E-state index contributed by atoms with van der Waals surface area (Å²) < 4.78 is 6.77. The highest BCUT2D eigenvalue weighted by Crippen LogP contribution is 2.21. The number of aryl methyl sites for hydroxylation is 1. The van der Waals surface area contributed by atoms with E-state index >= 15 is 0 Å². The zero-order chi connectivity index (χ0) is 18.8. The summed E-state index contributed by atoms with van der Waals surface area (Å²) in [5.41, 5.74) is 2.23. The number of ether oxygens (including phenoxy) is 1. The van der Waals surface area contributed by atoms with Crippen LogP contribution in [0.2, 0.25) is 0 Å². The second-order valence-corrected chi connectivity index (χ2v) is 6.47.